The van der Waals surface area contributed by atoms with Crippen molar-refractivity contribution in [1.29, 1.82) is 0 Å². The van der Waals surface area contributed by atoms with Crippen LogP contribution in [0.3, 0.4) is 0 Å². The van der Waals surface area contributed by atoms with Crippen LogP contribution in [0.1, 0.15) is 27.4 Å². The number of furan rings is 1. The van der Waals surface area contributed by atoms with E-state index in [-0.39, 0.29) is 5.75 Å². The molecule has 0 aliphatic carbocycles. The maximum absolute atomic E-state index is 11.4. The summed E-state index contributed by atoms with van der Waals surface area (Å²) >= 11 is 0. The maximum atomic E-state index is 11.4. The molecule has 106 valence electrons. The highest BCUT2D eigenvalue weighted by Gasteiger charge is 2.14. The minimum absolute atomic E-state index is 0.248. The maximum Gasteiger partial charge on any atom is 0.341 e. The van der Waals surface area contributed by atoms with E-state index in [0.717, 1.165) is 5.56 Å². The van der Waals surface area contributed by atoms with Crippen LogP contribution in [0.2, 0.25) is 0 Å². The van der Waals surface area contributed by atoms with Crippen molar-refractivity contribution in [2.75, 3.05) is 7.11 Å². The van der Waals surface area contributed by atoms with Gasteiger partial charge in [0.2, 0.25) is 0 Å². The monoisotopic (exact) mass is 275 g/mol. The number of carbonyl (C=O) groups is 1. The Morgan fingerprint density at radius 1 is 1.30 bits per heavy atom. The minimum atomic E-state index is -0.393. The molecule has 5 nitrogen and oxygen atoms in total. The van der Waals surface area contributed by atoms with E-state index in [4.69, 9.17) is 4.42 Å². The number of phenols is 1. The molecule has 0 spiro atoms. The lowest BCUT2D eigenvalue weighted by atomic mass is 10.2. The molecule has 1 aromatic carbocycles. The van der Waals surface area contributed by atoms with Crippen molar-refractivity contribution in [2.24, 2.45) is 0 Å². The summed E-state index contributed by atoms with van der Waals surface area (Å²) in [6, 6.07) is 8.66. The van der Waals surface area contributed by atoms with Crippen molar-refractivity contribution in [3.63, 3.8) is 0 Å². The molecule has 0 amide bonds. The Morgan fingerprint density at radius 2 is 2.00 bits per heavy atom. The number of methoxy groups -OCH3 is 1. The number of ether oxygens (including phenoxy) is 1. The lowest BCUT2D eigenvalue weighted by Gasteiger charge is -2.03. The molecule has 0 atom stereocenters. The summed E-state index contributed by atoms with van der Waals surface area (Å²) in [5.41, 5.74) is 1.51. The van der Waals surface area contributed by atoms with Crippen LogP contribution in [0.4, 0.5) is 0 Å². The zero-order valence-electron chi connectivity index (χ0n) is 11.5. The summed E-state index contributed by atoms with van der Waals surface area (Å²) in [5.74, 6) is 1.09. The number of aromatic hydroxyl groups is 1. The van der Waals surface area contributed by atoms with Gasteiger partial charge in [0.05, 0.1) is 13.7 Å². The van der Waals surface area contributed by atoms with Crippen molar-refractivity contribution < 1.29 is 19.1 Å². The number of benzene rings is 1. The first-order valence-electron chi connectivity index (χ1n) is 6.26. The van der Waals surface area contributed by atoms with Crippen molar-refractivity contribution >= 4 is 5.97 Å². The molecule has 2 N–H and O–H groups in total. The lowest BCUT2D eigenvalue weighted by molar-refractivity contribution is 0.0599. The number of nitrogens with one attached hydrogen (secondary N) is 1. The quantitative estimate of drug-likeness (QED) is 0.820. The minimum Gasteiger partial charge on any atom is -0.508 e. The zero-order valence-corrected chi connectivity index (χ0v) is 11.5. The van der Waals surface area contributed by atoms with E-state index in [9.17, 15) is 9.90 Å². The molecule has 20 heavy (non-hydrogen) atoms. The molecule has 0 aliphatic heterocycles. The fourth-order valence-corrected chi connectivity index (χ4v) is 1.89. The number of hydrogen-bond acceptors (Lipinski definition) is 5. The van der Waals surface area contributed by atoms with Gasteiger partial charge in [0, 0.05) is 6.54 Å². The van der Waals surface area contributed by atoms with E-state index in [0.29, 0.717) is 30.2 Å². The standard InChI is InChI=1S/C15H17NO4/c1-10-14(15(18)19-2)7-13(20-10)9-16-8-11-3-5-12(17)6-4-11/h3-7,16-17H,8-9H2,1-2H3. The second-order valence-corrected chi connectivity index (χ2v) is 4.44. The molecular formula is C15H17NO4. The summed E-state index contributed by atoms with van der Waals surface area (Å²) in [6.07, 6.45) is 0. The van der Waals surface area contributed by atoms with Crippen LogP contribution in [0, 0.1) is 6.92 Å². The van der Waals surface area contributed by atoms with E-state index in [1.807, 2.05) is 12.1 Å². The number of rotatable bonds is 5. The normalized spacial score (nSPS) is 10.5. The van der Waals surface area contributed by atoms with Crippen molar-refractivity contribution in [3.05, 3.63) is 53.0 Å². The fourth-order valence-electron chi connectivity index (χ4n) is 1.89. The predicted molar refractivity (Wildman–Crippen MR) is 73.4 cm³/mol. The summed E-state index contributed by atoms with van der Waals surface area (Å²) in [4.78, 5) is 11.4. The molecule has 0 radical (unpaired) electrons. The van der Waals surface area contributed by atoms with Gasteiger partial charge in [-0.25, -0.2) is 4.79 Å². The second-order valence-electron chi connectivity index (χ2n) is 4.44. The van der Waals surface area contributed by atoms with E-state index >= 15 is 0 Å². The van der Waals surface area contributed by atoms with Gasteiger partial charge in [-0.1, -0.05) is 12.1 Å². The van der Waals surface area contributed by atoms with Crippen molar-refractivity contribution in [1.82, 2.24) is 5.32 Å². The van der Waals surface area contributed by atoms with E-state index < -0.39 is 5.97 Å². The first-order chi connectivity index (χ1) is 9.60. The summed E-state index contributed by atoms with van der Waals surface area (Å²) in [6.45, 7) is 2.89. The van der Waals surface area contributed by atoms with Gasteiger partial charge < -0.3 is 19.6 Å². The van der Waals surface area contributed by atoms with E-state index in [1.54, 1.807) is 25.1 Å². The average molecular weight is 275 g/mol. The van der Waals surface area contributed by atoms with E-state index in [2.05, 4.69) is 10.1 Å². The number of aryl methyl sites for hydroxylation is 1. The van der Waals surface area contributed by atoms with Gasteiger partial charge in [-0.15, -0.1) is 0 Å². The van der Waals surface area contributed by atoms with Gasteiger partial charge in [-0.05, 0) is 30.7 Å². The number of phenolic OH excluding ortho intramolecular Hbond substituents is 1. The summed E-state index contributed by atoms with van der Waals surface area (Å²) in [7, 11) is 1.34. The number of hydrogen-bond donors (Lipinski definition) is 2. The molecule has 0 saturated heterocycles. The Balaban J connectivity index is 1.91. The Kier molecular flexibility index (Phi) is 4.42. The predicted octanol–water partition coefficient (Wildman–Crippen LogP) is 2.37. The van der Waals surface area contributed by atoms with Gasteiger partial charge in [-0.3, -0.25) is 0 Å². The highest BCUT2D eigenvalue weighted by atomic mass is 16.5. The molecule has 2 rings (SSSR count). The van der Waals surface area contributed by atoms with E-state index in [1.165, 1.54) is 7.11 Å². The summed E-state index contributed by atoms with van der Waals surface area (Å²) < 4.78 is 10.2. The molecule has 0 unspecified atom stereocenters. The zero-order chi connectivity index (χ0) is 14.5. The van der Waals surface area contributed by atoms with Crippen LogP contribution in [-0.2, 0) is 17.8 Å². The largest absolute Gasteiger partial charge is 0.508 e. The fraction of sp³-hybridized carbons (Fsp3) is 0.267. The first kappa shape index (κ1) is 14.1. The summed E-state index contributed by atoms with van der Waals surface area (Å²) in [5, 5.41) is 12.4. The van der Waals surface area contributed by atoms with Crippen LogP contribution in [-0.4, -0.2) is 18.2 Å². The molecule has 2 aromatic rings. The Bertz CT molecular complexity index is 586. The Labute approximate surface area is 117 Å². The van der Waals surface area contributed by atoms with Gasteiger partial charge in [0.1, 0.15) is 22.8 Å². The van der Waals surface area contributed by atoms with Crippen LogP contribution < -0.4 is 5.32 Å². The third-order valence-electron chi connectivity index (χ3n) is 2.94. The second kappa shape index (κ2) is 6.25. The van der Waals surface area contributed by atoms with Gasteiger partial charge in [0.15, 0.2) is 0 Å². The molecule has 0 fully saturated rings. The lowest BCUT2D eigenvalue weighted by Crippen LogP contribution is -2.12. The van der Waals surface area contributed by atoms with Gasteiger partial charge >= 0.3 is 5.97 Å². The molecule has 5 heteroatoms. The molecular weight excluding hydrogens is 258 g/mol. The van der Waals surface area contributed by atoms with Crippen LogP contribution in [0.5, 0.6) is 5.75 Å². The Hall–Kier alpha value is -2.27. The topological polar surface area (TPSA) is 71.7 Å². The van der Waals surface area contributed by atoms with Crippen LogP contribution >= 0.6 is 0 Å². The van der Waals surface area contributed by atoms with Crippen molar-refractivity contribution in [2.45, 2.75) is 20.0 Å². The third-order valence-corrected chi connectivity index (χ3v) is 2.94. The van der Waals surface area contributed by atoms with Crippen molar-refractivity contribution in [3.8, 4) is 5.75 Å². The van der Waals surface area contributed by atoms with Crippen LogP contribution in [0.25, 0.3) is 0 Å². The average Bonchev–Trinajstić information content (AvgIpc) is 2.81. The molecule has 0 aliphatic rings. The molecule has 0 bridgehead atoms. The number of carbonyl (C=O) groups excluding carboxylic acids is 1. The number of esters is 1. The smallest absolute Gasteiger partial charge is 0.341 e. The Morgan fingerprint density at radius 3 is 2.65 bits per heavy atom. The third kappa shape index (κ3) is 3.39. The van der Waals surface area contributed by atoms with Gasteiger partial charge in [-0.2, -0.15) is 0 Å². The molecule has 1 heterocycles. The SMILES string of the molecule is COC(=O)c1cc(CNCc2ccc(O)cc2)oc1C. The first-order valence-corrected chi connectivity index (χ1v) is 6.26. The highest BCUT2D eigenvalue weighted by molar-refractivity contribution is 5.90. The van der Waals surface area contributed by atoms with Gasteiger partial charge in [0.25, 0.3) is 0 Å². The molecule has 0 saturated carbocycles. The van der Waals surface area contributed by atoms with Crippen LogP contribution in [0.15, 0.2) is 34.7 Å². The molecule has 1 aromatic heterocycles. The highest BCUT2D eigenvalue weighted by Crippen LogP contribution is 2.16.